The molecule has 0 aliphatic heterocycles. The summed E-state index contributed by atoms with van der Waals surface area (Å²) < 4.78 is 0. The molecule has 0 unspecified atom stereocenters. The number of aromatic nitrogens is 1. The van der Waals surface area contributed by atoms with Crippen LogP contribution in [0.1, 0.15) is 39.8 Å². The summed E-state index contributed by atoms with van der Waals surface area (Å²) in [4.78, 5) is 16.6. The second-order valence-electron chi connectivity index (χ2n) is 4.76. The number of hydrogen-bond acceptors (Lipinski definition) is 3. The van der Waals surface area contributed by atoms with Crippen molar-refractivity contribution < 1.29 is 4.79 Å². The highest BCUT2D eigenvalue weighted by Gasteiger charge is 2.26. The fourth-order valence-corrected chi connectivity index (χ4v) is 3.35. The molecule has 1 saturated carbocycles. The number of nitrogens with zero attached hydrogens (tertiary/aromatic N) is 1. The van der Waals surface area contributed by atoms with E-state index in [0.717, 1.165) is 5.69 Å². The van der Waals surface area contributed by atoms with Crippen LogP contribution in [0, 0.1) is 0 Å². The summed E-state index contributed by atoms with van der Waals surface area (Å²) in [5.74, 6) is 0.433. The molecule has 0 spiro atoms. The molecule has 6 heteroatoms. The van der Waals surface area contributed by atoms with Crippen molar-refractivity contribution in [3.63, 3.8) is 0 Å². The zero-order valence-corrected chi connectivity index (χ0v) is 12.9. The van der Waals surface area contributed by atoms with Gasteiger partial charge in [0.15, 0.2) is 0 Å². The molecule has 1 amide bonds. The number of carbonyl (C=O) groups excluding carboxylic acids is 1. The summed E-state index contributed by atoms with van der Waals surface area (Å²) in [6.07, 6.45) is 2.47. The number of nitrogens with one attached hydrogen (secondary N) is 1. The van der Waals surface area contributed by atoms with Crippen molar-refractivity contribution in [2.24, 2.45) is 0 Å². The minimum atomic E-state index is -0.215. The van der Waals surface area contributed by atoms with Crippen molar-refractivity contribution in [3.05, 3.63) is 49.9 Å². The Balaban J connectivity index is 1.63. The largest absolute Gasteiger partial charge is 0.346 e. The van der Waals surface area contributed by atoms with Gasteiger partial charge in [-0.1, -0.05) is 23.2 Å². The number of amides is 1. The van der Waals surface area contributed by atoms with Crippen LogP contribution in [0.2, 0.25) is 10.0 Å². The van der Waals surface area contributed by atoms with Gasteiger partial charge >= 0.3 is 0 Å². The molecule has 1 aromatic carbocycles. The lowest BCUT2D eigenvalue weighted by Gasteiger charge is -2.05. The summed E-state index contributed by atoms with van der Waals surface area (Å²) in [6, 6.07) is 4.83. The Morgan fingerprint density at radius 1 is 1.40 bits per heavy atom. The molecule has 0 bridgehead atoms. The van der Waals surface area contributed by atoms with Gasteiger partial charge in [-0.15, -0.1) is 11.3 Å². The third kappa shape index (κ3) is 3.14. The highest BCUT2D eigenvalue weighted by molar-refractivity contribution is 7.09. The summed E-state index contributed by atoms with van der Waals surface area (Å²) in [5, 5.41) is 6.87. The van der Waals surface area contributed by atoms with Gasteiger partial charge in [-0.05, 0) is 31.0 Å². The summed E-state index contributed by atoms with van der Waals surface area (Å²) in [7, 11) is 0. The molecule has 1 fully saturated rings. The van der Waals surface area contributed by atoms with Crippen LogP contribution in [0.5, 0.6) is 0 Å². The average molecular weight is 327 g/mol. The quantitative estimate of drug-likeness (QED) is 0.912. The van der Waals surface area contributed by atoms with Crippen molar-refractivity contribution in [1.82, 2.24) is 10.3 Å². The molecule has 0 saturated heterocycles. The van der Waals surface area contributed by atoms with Crippen LogP contribution in [0.4, 0.5) is 0 Å². The van der Waals surface area contributed by atoms with Crippen molar-refractivity contribution in [1.29, 1.82) is 0 Å². The van der Waals surface area contributed by atoms with E-state index in [1.807, 2.05) is 5.38 Å². The predicted octanol–water partition coefficient (Wildman–Crippen LogP) is 4.26. The molecule has 0 radical (unpaired) electrons. The van der Waals surface area contributed by atoms with Gasteiger partial charge in [0.2, 0.25) is 0 Å². The SMILES string of the molecule is O=C(NCc1csc(C2CC2)n1)c1ccc(Cl)cc1Cl. The Morgan fingerprint density at radius 3 is 2.90 bits per heavy atom. The lowest BCUT2D eigenvalue weighted by Crippen LogP contribution is -2.23. The summed E-state index contributed by atoms with van der Waals surface area (Å²) >= 11 is 13.5. The van der Waals surface area contributed by atoms with Crippen LogP contribution in [-0.4, -0.2) is 10.9 Å². The van der Waals surface area contributed by atoms with Crippen LogP contribution in [0.3, 0.4) is 0 Å². The predicted molar refractivity (Wildman–Crippen MR) is 81.7 cm³/mol. The van der Waals surface area contributed by atoms with Crippen LogP contribution in [-0.2, 0) is 6.54 Å². The van der Waals surface area contributed by atoms with Crippen LogP contribution < -0.4 is 5.32 Å². The molecule has 1 aromatic heterocycles. The van der Waals surface area contributed by atoms with Crippen molar-refractivity contribution in [2.75, 3.05) is 0 Å². The topological polar surface area (TPSA) is 42.0 Å². The molecular weight excluding hydrogens is 315 g/mol. The van der Waals surface area contributed by atoms with Gasteiger partial charge in [0.25, 0.3) is 5.91 Å². The smallest absolute Gasteiger partial charge is 0.253 e. The van der Waals surface area contributed by atoms with Crippen molar-refractivity contribution in [2.45, 2.75) is 25.3 Å². The lowest BCUT2D eigenvalue weighted by atomic mass is 10.2. The minimum Gasteiger partial charge on any atom is -0.346 e. The van der Waals surface area contributed by atoms with E-state index < -0.39 is 0 Å². The van der Waals surface area contributed by atoms with Crippen molar-refractivity contribution in [3.8, 4) is 0 Å². The Hall–Kier alpha value is -1.10. The lowest BCUT2D eigenvalue weighted by molar-refractivity contribution is 0.0950. The normalized spacial score (nSPS) is 14.3. The molecule has 2 aromatic rings. The van der Waals surface area contributed by atoms with Gasteiger partial charge < -0.3 is 5.32 Å². The number of hydrogen-bond donors (Lipinski definition) is 1. The first-order valence-corrected chi connectivity index (χ1v) is 7.94. The third-order valence-corrected chi connectivity index (χ3v) is 4.71. The van der Waals surface area contributed by atoms with Gasteiger partial charge in [0.05, 0.1) is 27.8 Å². The Bertz CT molecular complexity index is 652. The average Bonchev–Trinajstić information content (AvgIpc) is 3.15. The maximum Gasteiger partial charge on any atom is 0.253 e. The molecule has 1 heterocycles. The molecule has 1 aliphatic rings. The first-order chi connectivity index (χ1) is 9.63. The molecule has 1 aliphatic carbocycles. The summed E-state index contributed by atoms with van der Waals surface area (Å²) in [6.45, 7) is 0.418. The van der Waals surface area contributed by atoms with Gasteiger partial charge in [-0.3, -0.25) is 4.79 Å². The van der Waals surface area contributed by atoms with E-state index in [0.29, 0.717) is 28.1 Å². The Morgan fingerprint density at radius 2 is 2.20 bits per heavy atom. The van der Waals surface area contributed by atoms with Crippen LogP contribution in [0.25, 0.3) is 0 Å². The first kappa shape index (κ1) is 13.9. The van der Waals surface area contributed by atoms with Gasteiger partial charge in [-0.25, -0.2) is 4.98 Å². The van der Waals surface area contributed by atoms with Crippen LogP contribution >= 0.6 is 34.5 Å². The molecular formula is C14H12Cl2N2OS. The number of thiazole rings is 1. The second kappa shape index (κ2) is 5.72. The Kier molecular flexibility index (Phi) is 3.96. The maximum atomic E-state index is 12.0. The molecule has 3 rings (SSSR count). The van der Waals surface area contributed by atoms with E-state index in [9.17, 15) is 4.79 Å². The van der Waals surface area contributed by atoms with Gasteiger partial charge in [-0.2, -0.15) is 0 Å². The summed E-state index contributed by atoms with van der Waals surface area (Å²) in [5.41, 5.74) is 1.32. The maximum absolute atomic E-state index is 12.0. The van der Waals surface area contributed by atoms with E-state index in [1.165, 1.54) is 17.8 Å². The van der Waals surface area contributed by atoms with Crippen LogP contribution in [0.15, 0.2) is 23.6 Å². The molecule has 20 heavy (non-hydrogen) atoms. The minimum absolute atomic E-state index is 0.215. The molecule has 1 N–H and O–H groups in total. The second-order valence-corrected chi connectivity index (χ2v) is 6.49. The van der Waals surface area contributed by atoms with E-state index in [2.05, 4.69) is 10.3 Å². The van der Waals surface area contributed by atoms with Gasteiger partial charge in [0.1, 0.15) is 0 Å². The van der Waals surface area contributed by atoms with E-state index >= 15 is 0 Å². The Labute approximate surface area is 130 Å². The number of rotatable bonds is 4. The highest BCUT2D eigenvalue weighted by atomic mass is 35.5. The fourth-order valence-electron chi connectivity index (χ4n) is 1.86. The van der Waals surface area contributed by atoms with E-state index in [4.69, 9.17) is 23.2 Å². The standard InChI is InChI=1S/C14H12Cl2N2OS/c15-9-3-4-11(12(16)5-9)13(19)17-6-10-7-20-14(18-10)8-1-2-8/h3-5,7-8H,1-2,6H2,(H,17,19). The number of benzene rings is 1. The molecule has 3 nitrogen and oxygen atoms in total. The van der Waals surface area contributed by atoms with Crippen molar-refractivity contribution >= 4 is 40.4 Å². The number of carbonyl (C=O) groups is 1. The molecule has 0 atom stereocenters. The molecule has 104 valence electrons. The third-order valence-electron chi connectivity index (χ3n) is 3.10. The fraction of sp³-hybridized carbons (Fsp3) is 0.286. The number of halogens is 2. The van der Waals surface area contributed by atoms with E-state index in [-0.39, 0.29) is 5.91 Å². The first-order valence-electron chi connectivity index (χ1n) is 6.31. The zero-order chi connectivity index (χ0) is 14.1. The van der Waals surface area contributed by atoms with Gasteiger partial charge in [0, 0.05) is 16.3 Å². The zero-order valence-electron chi connectivity index (χ0n) is 10.5. The van der Waals surface area contributed by atoms with E-state index in [1.54, 1.807) is 29.5 Å². The monoisotopic (exact) mass is 326 g/mol. The highest BCUT2D eigenvalue weighted by Crippen LogP contribution is 2.41.